The van der Waals surface area contributed by atoms with Crippen LogP contribution in [0.2, 0.25) is 0 Å². The highest BCUT2D eigenvalue weighted by Gasteiger charge is 2.25. The number of amides is 2. The van der Waals surface area contributed by atoms with Gasteiger partial charge in [0.25, 0.3) is 5.91 Å². The molecule has 1 heterocycles. The van der Waals surface area contributed by atoms with Gasteiger partial charge in [-0.15, -0.1) is 0 Å². The normalized spacial score (nSPS) is 18.7. The maximum absolute atomic E-state index is 11.7. The molecule has 0 aromatic heterocycles. The average molecular weight is 580 g/mol. The molecule has 1 aromatic carbocycles. The van der Waals surface area contributed by atoms with E-state index < -0.39 is 0 Å². The van der Waals surface area contributed by atoms with Gasteiger partial charge in [0, 0.05) is 44.0 Å². The largest absolute Gasteiger partial charge is 0.371 e. The van der Waals surface area contributed by atoms with Crippen LogP contribution in [-0.4, -0.2) is 51.7 Å². The number of piperidine rings is 1. The highest BCUT2D eigenvalue weighted by atomic mass is 16.5. The average Bonchev–Trinajstić information content (AvgIpc) is 3.27. The van der Waals surface area contributed by atoms with E-state index in [-0.39, 0.29) is 17.9 Å². The topological polar surface area (TPSA) is 70.7 Å². The third-order valence-electron chi connectivity index (χ3n) is 7.12. The van der Waals surface area contributed by atoms with Gasteiger partial charge in [0.2, 0.25) is 5.91 Å². The second-order valence-electron chi connectivity index (χ2n) is 11.3. The minimum Gasteiger partial charge on any atom is -0.371 e. The molecule has 0 radical (unpaired) electrons. The Hall–Kier alpha value is -3.12. The number of likely N-dealkylation sites (N-methyl/N-ethyl adjacent to an activating group) is 1. The Morgan fingerprint density at radius 3 is 2.24 bits per heavy atom. The Labute approximate surface area is 256 Å². The molecule has 6 heteroatoms. The van der Waals surface area contributed by atoms with Crippen LogP contribution in [0.25, 0.3) is 0 Å². The van der Waals surface area contributed by atoms with E-state index in [2.05, 4.69) is 73.6 Å². The van der Waals surface area contributed by atoms with Crippen LogP contribution in [0.3, 0.4) is 0 Å². The number of allylic oxidation sites excluding steroid dienone is 3. The summed E-state index contributed by atoms with van der Waals surface area (Å²) in [4.78, 5) is 25.7. The zero-order valence-corrected chi connectivity index (χ0v) is 27.6. The predicted molar refractivity (Wildman–Crippen MR) is 179 cm³/mol. The molecule has 0 bridgehead atoms. The summed E-state index contributed by atoms with van der Waals surface area (Å²) in [5.74, 6) is -0.0248. The minimum atomic E-state index is -0.106. The number of rotatable bonds is 6. The number of nitrogens with zero attached hydrogens (tertiary/aromatic N) is 1. The van der Waals surface area contributed by atoms with E-state index in [1.54, 1.807) is 14.1 Å². The van der Waals surface area contributed by atoms with Gasteiger partial charge in [-0.2, -0.15) is 0 Å². The molecular formula is C36H57N3O3. The number of nitrogens with one attached hydrogen (secondary N) is 2. The van der Waals surface area contributed by atoms with Crippen molar-refractivity contribution in [3.05, 3.63) is 77.4 Å². The van der Waals surface area contributed by atoms with Crippen molar-refractivity contribution in [3.8, 4) is 0 Å². The number of carbonyl (C=O) groups excluding carboxylic acids is 2. The van der Waals surface area contributed by atoms with Crippen molar-refractivity contribution in [2.45, 2.75) is 92.6 Å². The summed E-state index contributed by atoms with van der Waals surface area (Å²) in [7, 11) is 3.33. The predicted octanol–water partition coefficient (Wildman–Crippen LogP) is 7.79. The number of hydrogen-bond acceptors (Lipinski definition) is 4. The molecule has 2 amide bonds. The lowest BCUT2D eigenvalue weighted by atomic mass is 9.82. The number of hydrogen-bond donors (Lipinski definition) is 2. The standard InChI is InChI=1S/C16H21NO2.C15H22N2O.C3H8.C2H6/c1-17-16(18)14-9-5-6-10-15(11-14)19-12-13-7-3-2-4-8-13;1-15(2)7-9-17(10-8-15)13-6-4-5-12(11-13)14(18)16-3;1-3-2;1-2/h3,6-8,10-11,15H,2,4-5,9,12H2,1H3,(H,17,18);4-6,11H,7-10H2,1-3H3,(H,16,18);3H2,1-2H3;1-2H3. The second-order valence-corrected chi connectivity index (χ2v) is 11.3. The van der Waals surface area contributed by atoms with Crippen LogP contribution in [0, 0.1) is 5.41 Å². The first kappa shape index (κ1) is 36.9. The van der Waals surface area contributed by atoms with Crippen molar-refractivity contribution in [2.75, 3.05) is 38.7 Å². The van der Waals surface area contributed by atoms with Crippen LogP contribution in [0.1, 0.15) is 96.8 Å². The van der Waals surface area contributed by atoms with Gasteiger partial charge in [-0.05, 0) is 73.8 Å². The van der Waals surface area contributed by atoms with Crippen molar-refractivity contribution in [2.24, 2.45) is 5.41 Å². The smallest absolute Gasteiger partial charge is 0.251 e. The molecule has 1 unspecified atom stereocenters. The number of anilines is 1. The monoisotopic (exact) mass is 579 g/mol. The van der Waals surface area contributed by atoms with Gasteiger partial charge in [-0.3, -0.25) is 9.59 Å². The highest BCUT2D eigenvalue weighted by molar-refractivity contribution is 5.95. The fourth-order valence-electron chi connectivity index (χ4n) is 4.59. The fraction of sp³-hybridized carbons (Fsp3) is 0.556. The summed E-state index contributed by atoms with van der Waals surface area (Å²) in [6.45, 7) is 15.6. The van der Waals surface area contributed by atoms with Gasteiger partial charge in [0.1, 0.15) is 0 Å². The van der Waals surface area contributed by atoms with Gasteiger partial charge >= 0.3 is 0 Å². The molecule has 3 aliphatic rings. The molecule has 1 saturated heterocycles. The molecule has 234 valence electrons. The van der Waals surface area contributed by atoms with Gasteiger partial charge in [-0.1, -0.05) is 84.4 Å². The maximum Gasteiger partial charge on any atom is 0.251 e. The number of carbonyl (C=O) groups is 2. The highest BCUT2D eigenvalue weighted by Crippen LogP contribution is 2.32. The van der Waals surface area contributed by atoms with Gasteiger partial charge in [0.05, 0.1) is 12.7 Å². The Kier molecular flexibility index (Phi) is 18.2. The van der Waals surface area contributed by atoms with E-state index >= 15 is 0 Å². The lowest BCUT2D eigenvalue weighted by molar-refractivity contribution is -0.117. The molecule has 0 saturated carbocycles. The Bertz CT molecular complexity index is 1060. The van der Waals surface area contributed by atoms with E-state index in [4.69, 9.17) is 4.74 Å². The fourth-order valence-corrected chi connectivity index (χ4v) is 4.59. The second kappa shape index (κ2) is 20.7. The van der Waals surface area contributed by atoms with Gasteiger partial charge < -0.3 is 20.3 Å². The van der Waals surface area contributed by atoms with Crippen LogP contribution < -0.4 is 15.5 Å². The third kappa shape index (κ3) is 13.7. The van der Waals surface area contributed by atoms with Crippen LogP contribution in [0.4, 0.5) is 5.69 Å². The zero-order chi connectivity index (χ0) is 31.4. The Balaban J connectivity index is 0.000000365. The Morgan fingerprint density at radius 1 is 0.976 bits per heavy atom. The number of ether oxygens (including phenoxy) is 1. The summed E-state index contributed by atoms with van der Waals surface area (Å²) >= 11 is 0. The van der Waals surface area contributed by atoms with E-state index in [1.807, 2.05) is 44.2 Å². The van der Waals surface area contributed by atoms with Crippen LogP contribution in [0.5, 0.6) is 0 Å². The van der Waals surface area contributed by atoms with Crippen molar-refractivity contribution < 1.29 is 14.3 Å². The van der Waals surface area contributed by atoms with Crippen LogP contribution >= 0.6 is 0 Å². The molecule has 1 atom stereocenters. The summed E-state index contributed by atoms with van der Waals surface area (Å²) in [5, 5.41) is 5.34. The molecular weight excluding hydrogens is 522 g/mol. The van der Waals surface area contributed by atoms with Crippen molar-refractivity contribution >= 4 is 17.5 Å². The molecule has 4 rings (SSSR count). The summed E-state index contributed by atoms with van der Waals surface area (Å²) in [5.41, 5.74) is 4.38. The van der Waals surface area contributed by atoms with E-state index in [9.17, 15) is 9.59 Å². The summed E-state index contributed by atoms with van der Waals surface area (Å²) in [6.07, 6.45) is 20.0. The molecule has 42 heavy (non-hydrogen) atoms. The molecule has 2 N–H and O–H groups in total. The molecule has 1 fully saturated rings. The lowest BCUT2D eigenvalue weighted by Gasteiger charge is -2.38. The third-order valence-corrected chi connectivity index (χ3v) is 7.12. The van der Waals surface area contributed by atoms with Crippen LogP contribution in [-0.2, 0) is 9.53 Å². The van der Waals surface area contributed by atoms with Crippen molar-refractivity contribution in [3.63, 3.8) is 0 Å². The minimum absolute atomic E-state index is 0.00548. The van der Waals surface area contributed by atoms with Gasteiger partial charge in [-0.25, -0.2) is 0 Å². The first-order chi connectivity index (χ1) is 20.2. The number of benzene rings is 1. The quantitative estimate of drug-likeness (QED) is 0.338. The molecule has 6 nitrogen and oxygen atoms in total. The van der Waals surface area contributed by atoms with Crippen molar-refractivity contribution in [1.29, 1.82) is 0 Å². The zero-order valence-electron chi connectivity index (χ0n) is 27.6. The first-order valence-corrected chi connectivity index (χ1v) is 15.9. The first-order valence-electron chi connectivity index (χ1n) is 15.9. The summed E-state index contributed by atoms with van der Waals surface area (Å²) in [6, 6.07) is 7.89. The maximum atomic E-state index is 11.7. The molecule has 1 aromatic rings. The Morgan fingerprint density at radius 2 is 1.64 bits per heavy atom. The van der Waals surface area contributed by atoms with Gasteiger partial charge in [0.15, 0.2) is 0 Å². The van der Waals surface area contributed by atoms with Crippen molar-refractivity contribution in [1.82, 2.24) is 10.6 Å². The van der Waals surface area contributed by atoms with E-state index in [0.29, 0.717) is 12.0 Å². The molecule has 1 aliphatic heterocycles. The van der Waals surface area contributed by atoms with E-state index in [1.165, 1.54) is 24.8 Å². The lowest BCUT2D eigenvalue weighted by Crippen LogP contribution is -2.37. The molecule has 0 spiro atoms. The summed E-state index contributed by atoms with van der Waals surface area (Å²) < 4.78 is 5.86. The van der Waals surface area contributed by atoms with Crippen LogP contribution in [0.15, 0.2) is 71.9 Å². The van der Waals surface area contributed by atoms with E-state index in [0.717, 1.165) is 55.6 Å². The molecule has 2 aliphatic carbocycles. The SMILES string of the molecule is CC.CCC.CNC(=O)C1=CC(OCC2=CCCC=C2)C=CCC1.CNC(=O)c1cccc(N2CCC(C)(C)CC2)c1.